The van der Waals surface area contributed by atoms with Crippen molar-refractivity contribution < 1.29 is 0 Å². The van der Waals surface area contributed by atoms with Gasteiger partial charge in [0.15, 0.2) is 0 Å². The summed E-state index contributed by atoms with van der Waals surface area (Å²) in [6.45, 7) is 2.83. The van der Waals surface area contributed by atoms with Crippen LogP contribution in [0, 0.1) is 0 Å². The lowest BCUT2D eigenvalue weighted by Crippen LogP contribution is -1.92. The van der Waals surface area contributed by atoms with Crippen molar-refractivity contribution in [3.63, 3.8) is 0 Å². The Bertz CT molecular complexity index is 48.1. The molecule has 0 unspecified atom stereocenters. The zero-order chi connectivity index (χ0) is 4.99. The summed E-state index contributed by atoms with van der Waals surface area (Å²) in [6.07, 6.45) is 3.52. The average Bonchev–Trinajstić information content (AvgIpc) is 1.65. The highest BCUT2D eigenvalue weighted by molar-refractivity contribution is 7.35. The summed E-state index contributed by atoms with van der Waals surface area (Å²) in [5.41, 5.74) is 0. The maximum absolute atomic E-state index is 5.41. The Kier molecular flexibility index (Phi) is 3.86. The van der Waals surface area contributed by atoms with Crippen LogP contribution >= 0.6 is 20.1 Å². The predicted octanol–water partition coefficient (Wildman–Crippen LogP) is 1.76. The Morgan fingerprint density at radius 2 is 2.50 bits per heavy atom. The summed E-state index contributed by atoms with van der Waals surface area (Å²) < 4.78 is 1.58. The van der Waals surface area contributed by atoms with Crippen LogP contribution in [0.4, 0.5) is 0 Å². The van der Waals surface area contributed by atoms with Gasteiger partial charge in [-0.2, -0.15) is 4.19 Å². The molecule has 0 atom stereocenters. The largest absolute Gasteiger partial charge is 0.171 e. The fourth-order valence-corrected chi connectivity index (χ4v) is 0.300. The molecule has 0 radical (unpaired) electrons. The third-order valence-corrected chi connectivity index (χ3v) is 1.56. The van der Waals surface area contributed by atoms with Gasteiger partial charge in [-0.1, -0.05) is 13.2 Å². The van der Waals surface area contributed by atoms with Crippen LogP contribution in [-0.2, 0) is 0 Å². The minimum Gasteiger partial charge on any atom is -0.171 e. The van der Waals surface area contributed by atoms with Gasteiger partial charge in [-0.3, -0.25) is 0 Å². The van der Waals surface area contributed by atoms with E-state index in [1.54, 1.807) is 4.19 Å². The fraction of sp³-hybridized carbons (Fsp3) is 0.667. The van der Waals surface area contributed by atoms with E-state index in [0.717, 1.165) is 14.9 Å². The SMILES string of the molecule is C=PN(Cl)CC. The molecule has 0 fully saturated rings. The second kappa shape index (κ2) is 3.60. The quantitative estimate of drug-likeness (QED) is 0.400. The maximum atomic E-state index is 5.41. The minimum atomic E-state index is 0.854. The maximum Gasteiger partial charge on any atom is 0.0201 e. The minimum absolute atomic E-state index is 0.854. The smallest absolute Gasteiger partial charge is 0.0201 e. The number of nitrogens with zero attached hydrogens (tertiary/aromatic N) is 1. The van der Waals surface area contributed by atoms with Crippen molar-refractivity contribution in [1.82, 2.24) is 4.19 Å². The molecule has 0 aliphatic rings. The second-order valence-corrected chi connectivity index (χ2v) is 2.20. The molecule has 0 saturated heterocycles. The molecule has 0 bridgehead atoms. The molecular weight excluding hydrogens is 116 g/mol. The van der Waals surface area contributed by atoms with Crippen LogP contribution < -0.4 is 0 Å². The first-order chi connectivity index (χ1) is 2.81. The third-order valence-electron chi connectivity index (χ3n) is 0.414. The van der Waals surface area contributed by atoms with Crippen LogP contribution in [0.1, 0.15) is 6.92 Å². The molecule has 1 nitrogen and oxygen atoms in total. The molecule has 0 aromatic rings. The molecule has 0 amide bonds. The Labute approximate surface area is 44.9 Å². The standard InChI is InChI=1S/C3H7ClNP/c1-3-5(4)6-2/h2-3H2,1H3. The highest BCUT2D eigenvalue weighted by Crippen LogP contribution is 2.04. The molecular formula is C3H7ClNP. The van der Waals surface area contributed by atoms with E-state index in [1.807, 2.05) is 6.92 Å². The lowest BCUT2D eigenvalue weighted by atomic mass is 10.8. The summed E-state index contributed by atoms with van der Waals surface area (Å²) in [6, 6.07) is 0. The van der Waals surface area contributed by atoms with E-state index >= 15 is 0 Å². The van der Waals surface area contributed by atoms with Crippen LogP contribution in [0.2, 0.25) is 0 Å². The van der Waals surface area contributed by atoms with Gasteiger partial charge >= 0.3 is 0 Å². The van der Waals surface area contributed by atoms with Gasteiger partial charge in [-0.15, -0.1) is 0 Å². The average molecular weight is 124 g/mol. The van der Waals surface area contributed by atoms with Gasteiger partial charge in [-0.05, 0) is 20.1 Å². The lowest BCUT2D eigenvalue weighted by molar-refractivity contribution is 0.768. The monoisotopic (exact) mass is 123 g/mol. The summed E-state index contributed by atoms with van der Waals surface area (Å²) in [5, 5.41) is 0. The van der Waals surface area contributed by atoms with Gasteiger partial charge < -0.3 is 0 Å². The van der Waals surface area contributed by atoms with Gasteiger partial charge in [-0.25, -0.2) is 0 Å². The molecule has 0 aliphatic carbocycles. The first-order valence-electron chi connectivity index (χ1n) is 1.71. The van der Waals surface area contributed by atoms with E-state index in [-0.39, 0.29) is 0 Å². The summed E-state index contributed by atoms with van der Waals surface area (Å²) in [5.74, 6) is 0. The zero-order valence-corrected chi connectivity index (χ0v) is 5.34. The molecule has 0 saturated carbocycles. The number of rotatable bonds is 2. The van der Waals surface area contributed by atoms with Gasteiger partial charge in [0.05, 0.1) is 0 Å². The summed E-state index contributed by atoms with van der Waals surface area (Å²) in [4.78, 5) is 0. The topological polar surface area (TPSA) is 3.24 Å². The van der Waals surface area contributed by atoms with E-state index in [0.29, 0.717) is 0 Å². The fourth-order valence-electron chi connectivity index (χ4n) is 0.1000. The normalized spacial score (nSPS) is 10.5. The van der Waals surface area contributed by atoms with Crippen molar-refractivity contribution in [3.05, 3.63) is 0 Å². The van der Waals surface area contributed by atoms with E-state index in [2.05, 4.69) is 6.30 Å². The van der Waals surface area contributed by atoms with Crippen LogP contribution in [-0.4, -0.2) is 17.0 Å². The van der Waals surface area contributed by atoms with Crippen molar-refractivity contribution in [2.45, 2.75) is 6.92 Å². The highest BCUT2D eigenvalue weighted by atomic mass is 35.5. The molecule has 0 rings (SSSR count). The van der Waals surface area contributed by atoms with Gasteiger partial charge in [0, 0.05) is 6.54 Å². The van der Waals surface area contributed by atoms with Crippen molar-refractivity contribution in [2.75, 3.05) is 6.54 Å². The molecule has 3 heteroatoms. The van der Waals surface area contributed by atoms with Gasteiger partial charge in [0.25, 0.3) is 0 Å². The Balaban J connectivity index is 2.96. The number of halogens is 1. The summed E-state index contributed by atoms with van der Waals surface area (Å²) >= 11 is 5.41. The van der Waals surface area contributed by atoms with Crippen LogP contribution in [0.5, 0.6) is 0 Å². The van der Waals surface area contributed by atoms with Crippen LogP contribution in [0.15, 0.2) is 0 Å². The first-order valence-corrected chi connectivity index (χ1v) is 3.08. The Morgan fingerprint density at radius 1 is 2.00 bits per heavy atom. The van der Waals surface area contributed by atoms with Crippen molar-refractivity contribution in [2.24, 2.45) is 0 Å². The molecule has 0 aromatic carbocycles. The van der Waals surface area contributed by atoms with Crippen molar-refractivity contribution in [1.29, 1.82) is 0 Å². The molecule has 6 heavy (non-hydrogen) atoms. The van der Waals surface area contributed by atoms with Crippen molar-refractivity contribution in [3.8, 4) is 0 Å². The molecule has 0 spiro atoms. The molecule has 36 valence electrons. The van der Waals surface area contributed by atoms with Gasteiger partial charge in [0.1, 0.15) is 0 Å². The first kappa shape index (κ1) is 6.42. The van der Waals surface area contributed by atoms with E-state index in [4.69, 9.17) is 11.8 Å². The van der Waals surface area contributed by atoms with E-state index in [9.17, 15) is 0 Å². The number of hydrogen-bond donors (Lipinski definition) is 0. The molecule has 0 aliphatic heterocycles. The summed E-state index contributed by atoms with van der Waals surface area (Å²) in [7, 11) is 0.877. The Hall–Kier alpha value is 0.420. The van der Waals surface area contributed by atoms with Gasteiger partial charge in [0.2, 0.25) is 0 Å². The predicted molar refractivity (Wildman–Crippen MR) is 32.3 cm³/mol. The van der Waals surface area contributed by atoms with E-state index < -0.39 is 0 Å². The number of hydrogen-bond acceptors (Lipinski definition) is 1. The molecule has 0 N–H and O–H groups in total. The molecule has 0 aromatic heterocycles. The Morgan fingerprint density at radius 3 is 2.50 bits per heavy atom. The van der Waals surface area contributed by atoms with Crippen LogP contribution in [0.3, 0.4) is 0 Å². The van der Waals surface area contributed by atoms with Crippen LogP contribution in [0.25, 0.3) is 0 Å². The van der Waals surface area contributed by atoms with Crippen molar-refractivity contribution >= 4 is 26.4 Å². The molecule has 0 heterocycles. The van der Waals surface area contributed by atoms with E-state index in [1.165, 1.54) is 0 Å². The zero-order valence-electron chi connectivity index (χ0n) is 3.69. The second-order valence-electron chi connectivity index (χ2n) is 0.794. The lowest BCUT2D eigenvalue weighted by Gasteiger charge is -1.96. The third kappa shape index (κ3) is 2.65. The highest BCUT2D eigenvalue weighted by Gasteiger charge is 1.82.